The molecule has 3 saturated heterocycles. The number of carbonyl (C=O) groups is 1. The number of hydrogen-bond acceptors (Lipinski definition) is 8. The van der Waals surface area contributed by atoms with Crippen LogP contribution in [-0.2, 0) is 28.5 Å². The van der Waals surface area contributed by atoms with Crippen LogP contribution in [-0.4, -0.2) is 81.8 Å². The summed E-state index contributed by atoms with van der Waals surface area (Å²) in [6, 6.07) is 0. The van der Waals surface area contributed by atoms with Crippen molar-refractivity contribution in [3.05, 3.63) is 0 Å². The summed E-state index contributed by atoms with van der Waals surface area (Å²) in [6.45, 7) is 3.83. The van der Waals surface area contributed by atoms with Crippen molar-refractivity contribution in [1.82, 2.24) is 0 Å². The highest BCUT2D eigenvalue weighted by molar-refractivity contribution is 6.26. The molecule has 0 aromatic heterocycles. The van der Waals surface area contributed by atoms with Gasteiger partial charge in [-0.05, 0) is 13.8 Å². The van der Waals surface area contributed by atoms with E-state index in [9.17, 15) is 15.0 Å². The molecular weight excluding hydrogens is 392 g/mol. The number of halogens is 1. The van der Waals surface area contributed by atoms with Gasteiger partial charge in [0.15, 0.2) is 34.8 Å². The quantitative estimate of drug-likeness (QED) is 0.266. The minimum atomic E-state index is -1.77. The second-order valence-electron chi connectivity index (χ2n) is 8.11. The highest BCUT2D eigenvalue weighted by atomic mass is 35.5. The number of esters is 1. The van der Waals surface area contributed by atoms with Crippen molar-refractivity contribution in [2.45, 2.75) is 73.4 Å². The highest BCUT2D eigenvalue weighted by Gasteiger charge is 2.81. The van der Waals surface area contributed by atoms with Crippen LogP contribution in [0.2, 0.25) is 0 Å². The summed E-state index contributed by atoms with van der Waals surface area (Å²) in [6.07, 6.45) is -3.99. The molecule has 8 nitrogen and oxygen atoms in total. The molecule has 5 aliphatic rings. The zero-order chi connectivity index (χ0) is 19.9. The minimum Gasteiger partial charge on any atom is -0.445 e. The molecule has 0 amide bonds. The number of hydrogen-bond donors (Lipinski definition) is 2. The van der Waals surface area contributed by atoms with Gasteiger partial charge >= 0.3 is 5.97 Å². The van der Waals surface area contributed by atoms with Crippen molar-refractivity contribution in [2.24, 2.45) is 0 Å². The van der Waals surface area contributed by atoms with E-state index >= 15 is 0 Å². The minimum absolute atomic E-state index is 0.0600. The van der Waals surface area contributed by atoms with Gasteiger partial charge in [0.1, 0.15) is 18.1 Å². The fourth-order valence-corrected chi connectivity index (χ4v) is 4.44. The van der Waals surface area contributed by atoms with Gasteiger partial charge in [0.25, 0.3) is 0 Å². The molecule has 9 heteroatoms. The third-order valence-electron chi connectivity index (χ3n) is 5.88. The first-order chi connectivity index (χ1) is 13.2. The van der Waals surface area contributed by atoms with Crippen molar-refractivity contribution in [2.75, 3.05) is 12.5 Å². The van der Waals surface area contributed by atoms with Gasteiger partial charge in [-0.3, -0.25) is 4.79 Å². The van der Waals surface area contributed by atoms with E-state index in [1.165, 1.54) is 0 Å². The van der Waals surface area contributed by atoms with E-state index in [1.807, 2.05) is 0 Å². The van der Waals surface area contributed by atoms with Crippen LogP contribution in [0.4, 0.5) is 0 Å². The number of epoxide rings is 2. The van der Waals surface area contributed by atoms with Gasteiger partial charge in [0.05, 0.1) is 12.7 Å². The van der Waals surface area contributed by atoms with Crippen LogP contribution in [0.3, 0.4) is 0 Å². The van der Waals surface area contributed by atoms with Crippen molar-refractivity contribution in [3.8, 4) is 23.7 Å². The second kappa shape index (κ2) is 5.62. The average Bonchev–Trinajstić information content (AvgIpc) is 3.50. The fourth-order valence-electron chi connectivity index (χ4n) is 4.37. The molecule has 3 aliphatic heterocycles. The van der Waals surface area contributed by atoms with Crippen molar-refractivity contribution in [1.29, 1.82) is 0 Å². The molecule has 28 heavy (non-hydrogen) atoms. The average molecular weight is 411 g/mol. The molecule has 2 N–H and O–H groups in total. The smallest absolute Gasteiger partial charge is 0.322 e. The standard InChI is InChI=1S/C19H19ClO8/c1-16(2)24-9-13(26-16)18-6-5-17(23)7-10(21)15-19(17,28-15)12(25-14(22)8-20)4-3-11(18)27-18/h10-13,15,21,23H,7-9H2,1-2H3/t10-,11-,12+,13-,15+,17+,18+,19+/m1/s1. The summed E-state index contributed by atoms with van der Waals surface area (Å²) in [5, 5.41) is 21.6. The number of ether oxygens (including phenoxy) is 5. The zero-order valence-corrected chi connectivity index (χ0v) is 16.0. The Hall–Kier alpha value is -1.36. The van der Waals surface area contributed by atoms with Crippen LogP contribution in [0.25, 0.3) is 0 Å². The third kappa shape index (κ3) is 2.41. The molecule has 0 bridgehead atoms. The number of aliphatic hydroxyl groups excluding tert-OH is 1. The summed E-state index contributed by atoms with van der Waals surface area (Å²) in [5.41, 5.74) is -4.26. The molecule has 1 spiro atoms. The number of fused-ring (bicyclic) bond motifs is 1. The van der Waals surface area contributed by atoms with Gasteiger partial charge in [-0.25, -0.2) is 0 Å². The summed E-state index contributed by atoms with van der Waals surface area (Å²) in [4.78, 5) is 11.8. The normalized spacial score (nSPS) is 51.5. The Morgan fingerprint density at radius 2 is 2.04 bits per heavy atom. The Balaban J connectivity index is 1.55. The fraction of sp³-hybridized carbons (Fsp3) is 0.737. The first kappa shape index (κ1) is 18.7. The lowest BCUT2D eigenvalue weighted by atomic mass is 9.85. The van der Waals surface area contributed by atoms with Crippen LogP contribution >= 0.6 is 11.6 Å². The van der Waals surface area contributed by atoms with Crippen LogP contribution in [0.15, 0.2) is 0 Å². The number of carbonyl (C=O) groups excluding carboxylic acids is 1. The van der Waals surface area contributed by atoms with Crippen LogP contribution < -0.4 is 0 Å². The number of alkyl halides is 1. The van der Waals surface area contributed by atoms with Gasteiger partial charge < -0.3 is 33.9 Å². The van der Waals surface area contributed by atoms with E-state index in [0.29, 0.717) is 0 Å². The lowest BCUT2D eigenvalue weighted by molar-refractivity contribution is -0.150. The first-order valence-corrected chi connectivity index (χ1v) is 9.58. The van der Waals surface area contributed by atoms with Gasteiger partial charge in [-0.15, -0.1) is 11.6 Å². The Kier molecular flexibility index (Phi) is 3.74. The predicted octanol–water partition coefficient (Wildman–Crippen LogP) is -0.920. The maximum Gasteiger partial charge on any atom is 0.322 e. The maximum absolute atomic E-state index is 11.8. The lowest BCUT2D eigenvalue weighted by Crippen LogP contribution is -2.51. The molecule has 8 atom stereocenters. The van der Waals surface area contributed by atoms with Gasteiger partial charge in [0, 0.05) is 6.42 Å². The second-order valence-corrected chi connectivity index (χ2v) is 8.38. The monoisotopic (exact) mass is 410 g/mol. The Morgan fingerprint density at radius 3 is 2.68 bits per heavy atom. The zero-order valence-electron chi connectivity index (χ0n) is 15.2. The molecule has 0 aromatic rings. The molecule has 150 valence electrons. The van der Waals surface area contributed by atoms with E-state index in [4.69, 9.17) is 35.3 Å². The van der Waals surface area contributed by atoms with Gasteiger partial charge in [-0.2, -0.15) is 0 Å². The highest BCUT2D eigenvalue weighted by Crippen LogP contribution is 2.59. The van der Waals surface area contributed by atoms with E-state index in [0.717, 1.165) is 0 Å². The van der Waals surface area contributed by atoms with E-state index in [2.05, 4.69) is 23.7 Å². The van der Waals surface area contributed by atoms with E-state index in [1.54, 1.807) is 13.8 Å². The Morgan fingerprint density at radius 1 is 1.25 bits per heavy atom. The van der Waals surface area contributed by atoms with Crippen LogP contribution in [0, 0.1) is 23.7 Å². The molecule has 3 heterocycles. The van der Waals surface area contributed by atoms with Gasteiger partial charge in [-0.1, -0.05) is 23.7 Å². The van der Waals surface area contributed by atoms with Gasteiger partial charge in [0.2, 0.25) is 0 Å². The number of aliphatic hydroxyl groups is 2. The SMILES string of the molecule is CC1(C)OC[C@H]([C@]23C#C[C@]4(O)C[C@@H](O)[C@@H]5O[C@@]54[C@@H](OC(=O)CCl)C#C[C@H]2O3)O1. The molecule has 0 unspecified atom stereocenters. The Bertz CT molecular complexity index is 867. The Labute approximate surface area is 166 Å². The molecular formula is C19H19ClO8. The summed E-state index contributed by atoms with van der Waals surface area (Å²) < 4.78 is 28.3. The van der Waals surface area contributed by atoms with Crippen molar-refractivity contribution < 1.29 is 38.7 Å². The number of rotatable bonds is 3. The maximum atomic E-state index is 11.8. The molecule has 1 saturated carbocycles. The van der Waals surface area contributed by atoms with E-state index in [-0.39, 0.29) is 18.9 Å². The van der Waals surface area contributed by atoms with Crippen LogP contribution in [0.1, 0.15) is 20.3 Å². The topological polar surface area (TPSA) is 110 Å². The molecule has 0 radical (unpaired) electrons. The third-order valence-corrected chi connectivity index (χ3v) is 6.10. The largest absolute Gasteiger partial charge is 0.445 e. The summed E-state index contributed by atoms with van der Waals surface area (Å²) in [7, 11) is 0. The lowest BCUT2D eigenvalue weighted by Gasteiger charge is -2.29. The predicted molar refractivity (Wildman–Crippen MR) is 91.8 cm³/mol. The molecule has 0 aromatic carbocycles. The van der Waals surface area contributed by atoms with Crippen molar-refractivity contribution in [3.63, 3.8) is 0 Å². The van der Waals surface area contributed by atoms with Crippen LogP contribution in [0.5, 0.6) is 0 Å². The molecule has 2 aliphatic carbocycles. The van der Waals surface area contributed by atoms with Crippen molar-refractivity contribution >= 4 is 17.6 Å². The molecule has 4 fully saturated rings. The summed E-state index contributed by atoms with van der Waals surface area (Å²) in [5.74, 6) is 9.69. The summed E-state index contributed by atoms with van der Waals surface area (Å²) >= 11 is 5.56. The van der Waals surface area contributed by atoms with E-state index < -0.39 is 59.1 Å². The molecule has 5 rings (SSSR count). The first-order valence-electron chi connectivity index (χ1n) is 9.04.